The van der Waals surface area contributed by atoms with Crippen LogP contribution < -0.4 is 0 Å². The number of carbonyl (C=O) groups is 3. The molecule has 0 amide bonds. The van der Waals surface area contributed by atoms with Gasteiger partial charge in [-0.2, -0.15) is 0 Å². The first-order valence-electron chi connectivity index (χ1n) is 26.9. The molecule has 0 aromatic rings. The van der Waals surface area contributed by atoms with Gasteiger partial charge in [-0.1, -0.05) is 222 Å². The highest BCUT2D eigenvalue weighted by Crippen LogP contribution is 2.14. The number of rotatable bonds is 48. The molecule has 0 saturated carbocycles. The lowest BCUT2D eigenvalue weighted by atomic mass is 10.1. The van der Waals surface area contributed by atoms with E-state index in [9.17, 15) is 14.4 Å². The van der Waals surface area contributed by atoms with Crippen LogP contribution in [0.15, 0.2) is 72.9 Å². The van der Waals surface area contributed by atoms with E-state index in [1.165, 1.54) is 103 Å². The number of carbonyl (C=O) groups excluding carboxylic acids is 3. The van der Waals surface area contributed by atoms with Gasteiger partial charge in [0.15, 0.2) is 6.10 Å². The maximum atomic E-state index is 12.8. The lowest BCUT2D eigenvalue weighted by Gasteiger charge is -2.18. The zero-order chi connectivity index (χ0) is 46.5. The van der Waals surface area contributed by atoms with Gasteiger partial charge in [-0.05, 0) is 89.9 Å². The number of allylic oxidation sites excluding steroid dienone is 12. The van der Waals surface area contributed by atoms with Gasteiger partial charge < -0.3 is 14.2 Å². The predicted octanol–water partition coefficient (Wildman–Crippen LogP) is 17.8. The second-order valence-corrected chi connectivity index (χ2v) is 17.8. The van der Waals surface area contributed by atoms with Crippen molar-refractivity contribution < 1.29 is 28.6 Å². The monoisotopic (exact) mass is 893 g/mol. The Morgan fingerprint density at radius 1 is 0.328 bits per heavy atom. The molecule has 0 spiro atoms. The zero-order valence-corrected chi connectivity index (χ0v) is 42.0. The molecule has 0 aromatic heterocycles. The molecular weight excluding hydrogens is 793 g/mol. The number of hydrogen-bond acceptors (Lipinski definition) is 6. The van der Waals surface area contributed by atoms with Crippen LogP contribution in [0.1, 0.15) is 258 Å². The van der Waals surface area contributed by atoms with E-state index in [-0.39, 0.29) is 31.1 Å². The summed E-state index contributed by atoms with van der Waals surface area (Å²) >= 11 is 0. The minimum absolute atomic E-state index is 0.0842. The Bertz CT molecular complexity index is 1210. The molecule has 0 bridgehead atoms. The Kier molecular flexibility index (Phi) is 49.9. The summed E-state index contributed by atoms with van der Waals surface area (Å²) in [5.41, 5.74) is 0. The smallest absolute Gasteiger partial charge is 0.306 e. The maximum Gasteiger partial charge on any atom is 0.306 e. The molecule has 6 heteroatoms. The molecule has 1 atom stereocenters. The summed E-state index contributed by atoms with van der Waals surface area (Å²) < 4.78 is 16.7. The van der Waals surface area contributed by atoms with Crippen molar-refractivity contribution in [3.63, 3.8) is 0 Å². The fraction of sp³-hybridized carbons (Fsp3) is 0.741. The van der Waals surface area contributed by atoms with Gasteiger partial charge in [-0.3, -0.25) is 14.4 Å². The topological polar surface area (TPSA) is 78.9 Å². The quantitative estimate of drug-likeness (QED) is 0.0262. The van der Waals surface area contributed by atoms with Gasteiger partial charge in [-0.25, -0.2) is 0 Å². The Labute approximate surface area is 395 Å². The summed E-state index contributed by atoms with van der Waals surface area (Å²) in [7, 11) is 0. The fourth-order valence-corrected chi connectivity index (χ4v) is 7.40. The molecule has 368 valence electrons. The Hall–Kier alpha value is -3.15. The van der Waals surface area contributed by atoms with Crippen LogP contribution in [0.5, 0.6) is 0 Å². The number of ether oxygens (including phenoxy) is 3. The first-order valence-corrected chi connectivity index (χ1v) is 26.9. The summed E-state index contributed by atoms with van der Waals surface area (Å²) in [6.07, 6.45) is 66.1. The van der Waals surface area contributed by atoms with Gasteiger partial charge in [-0.15, -0.1) is 0 Å². The summed E-state index contributed by atoms with van der Waals surface area (Å²) in [5, 5.41) is 0. The molecular formula is C58H100O6. The van der Waals surface area contributed by atoms with Crippen molar-refractivity contribution in [2.45, 2.75) is 264 Å². The summed E-state index contributed by atoms with van der Waals surface area (Å²) in [4.78, 5) is 37.9. The molecule has 0 heterocycles. The lowest BCUT2D eigenvalue weighted by molar-refractivity contribution is -0.167. The Balaban J connectivity index is 4.27. The van der Waals surface area contributed by atoms with Crippen LogP contribution in [-0.4, -0.2) is 37.2 Å². The van der Waals surface area contributed by atoms with E-state index in [1.54, 1.807) is 0 Å². The van der Waals surface area contributed by atoms with Crippen molar-refractivity contribution in [2.24, 2.45) is 0 Å². The molecule has 6 nitrogen and oxygen atoms in total. The van der Waals surface area contributed by atoms with Crippen LogP contribution in [-0.2, 0) is 28.6 Å². The third kappa shape index (κ3) is 49.9. The van der Waals surface area contributed by atoms with Crippen molar-refractivity contribution in [2.75, 3.05) is 13.2 Å². The summed E-state index contributed by atoms with van der Waals surface area (Å²) in [6.45, 7) is 6.47. The molecule has 1 unspecified atom stereocenters. The van der Waals surface area contributed by atoms with E-state index in [1.807, 2.05) is 0 Å². The van der Waals surface area contributed by atoms with Crippen molar-refractivity contribution in [3.05, 3.63) is 72.9 Å². The Morgan fingerprint density at radius 2 is 0.609 bits per heavy atom. The standard InChI is InChI=1S/C58H100O6/c1-4-7-10-13-16-19-21-23-25-26-27-28-29-30-31-32-34-35-37-39-42-45-48-51-57(60)63-54-55(53-62-56(59)50-47-44-41-18-15-12-9-6-3)64-58(61)52-49-46-43-40-38-36-33-24-22-20-17-14-11-8-5-2/h8,11,17,20-21,23-24,26-27,29-30,33,55H,4-7,9-10,12-16,18-19,22,25,28,31-32,34-54H2,1-3H3/b11-8-,20-17-,23-21-,27-26-,30-29-,33-24-. The average molecular weight is 893 g/mol. The molecule has 0 N–H and O–H groups in total. The van der Waals surface area contributed by atoms with E-state index in [0.717, 1.165) is 116 Å². The Morgan fingerprint density at radius 3 is 0.953 bits per heavy atom. The molecule has 0 aliphatic heterocycles. The van der Waals surface area contributed by atoms with Crippen molar-refractivity contribution in [1.82, 2.24) is 0 Å². The van der Waals surface area contributed by atoms with Gasteiger partial charge in [0, 0.05) is 19.3 Å². The van der Waals surface area contributed by atoms with Crippen LogP contribution in [0.25, 0.3) is 0 Å². The molecule has 0 fully saturated rings. The molecule has 0 aliphatic rings. The van der Waals surface area contributed by atoms with E-state index < -0.39 is 6.10 Å². The minimum atomic E-state index is -0.784. The van der Waals surface area contributed by atoms with E-state index in [0.29, 0.717) is 19.3 Å². The highest BCUT2D eigenvalue weighted by atomic mass is 16.6. The third-order valence-corrected chi connectivity index (χ3v) is 11.4. The largest absolute Gasteiger partial charge is 0.462 e. The van der Waals surface area contributed by atoms with Crippen molar-refractivity contribution >= 4 is 17.9 Å². The zero-order valence-electron chi connectivity index (χ0n) is 42.0. The van der Waals surface area contributed by atoms with Gasteiger partial charge >= 0.3 is 17.9 Å². The molecule has 64 heavy (non-hydrogen) atoms. The third-order valence-electron chi connectivity index (χ3n) is 11.4. The van der Waals surface area contributed by atoms with Crippen LogP contribution in [0.3, 0.4) is 0 Å². The molecule has 0 rings (SSSR count). The predicted molar refractivity (Wildman–Crippen MR) is 274 cm³/mol. The van der Waals surface area contributed by atoms with E-state index in [4.69, 9.17) is 14.2 Å². The fourth-order valence-electron chi connectivity index (χ4n) is 7.40. The van der Waals surface area contributed by atoms with E-state index >= 15 is 0 Å². The van der Waals surface area contributed by atoms with Crippen molar-refractivity contribution in [3.8, 4) is 0 Å². The SMILES string of the molecule is CC/C=C\C/C=C\C/C=C\CCCCCCCC(=O)OC(COC(=O)CCCCCCCCCC)COC(=O)CCCCCCCCCC/C=C\C/C=C\C/C=C\CCCCCCC. The highest BCUT2D eigenvalue weighted by molar-refractivity contribution is 5.71. The molecule has 0 saturated heterocycles. The van der Waals surface area contributed by atoms with Crippen LogP contribution in [0.4, 0.5) is 0 Å². The molecule has 0 aliphatic carbocycles. The van der Waals surface area contributed by atoms with E-state index in [2.05, 4.69) is 93.7 Å². The van der Waals surface area contributed by atoms with Gasteiger partial charge in [0.25, 0.3) is 0 Å². The second kappa shape index (κ2) is 52.5. The maximum absolute atomic E-state index is 12.8. The lowest BCUT2D eigenvalue weighted by Crippen LogP contribution is -2.30. The molecule has 0 radical (unpaired) electrons. The minimum Gasteiger partial charge on any atom is -0.462 e. The number of esters is 3. The van der Waals surface area contributed by atoms with Gasteiger partial charge in [0.1, 0.15) is 13.2 Å². The van der Waals surface area contributed by atoms with Gasteiger partial charge in [0.05, 0.1) is 0 Å². The van der Waals surface area contributed by atoms with Crippen LogP contribution >= 0.6 is 0 Å². The van der Waals surface area contributed by atoms with Crippen LogP contribution in [0.2, 0.25) is 0 Å². The summed E-state index contributed by atoms with van der Waals surface area (Å²) in [6, 6.07) is 0. The average Bonchev–Trinajstić information content (AvgIpc) is 3.29. The first kappa shape index (κ1) is 60.9. The van der Waals surface area contributed by atoms with Crippen LogP contribution in [0, 0.1) is 0 Å². The molecule has 0 aromatic carbocycles. The van der Waals surface area contributed by atoms with Crippen molar-refractivity contribution in [1.29, 1.82) is 0 Å². The van der Waals surface area contributed by atoms with Gasteiger partial charge in [0.2, 0.25) is 0 Å². The first-order chi connectivity index (χ1) is 31.5. The number of hydrogen-bond donors (Lipinski definition) is 0. The second-order valence-electron chi connectivity index (χ2n) is 17.8. The highest BCUT2D eigenvalue weighted by Gasteiger charge is 2.19. The normalized spacial score (nSPS) is 12.6. The number of unbranched alkanes of at least 4 members (excludes halogenated alkanes) is 25. The summed E-state index contributed by atoms with van der Waals surface area (Å²) in [5.74, 6) is -0.911.